The van der Waals surface area contributed by atoms with Crippen LogP contribution in [-0.4, -0.2) is 51.7 Å². The van der Waals surface area contributed by atoms with Crippen LogP contribution in [0.15, 0.2) is 18.2 Å². The third-order valence-corrected chi connectivity index (χ3v) is 5.96. The number of hydrogen-bond acceptors (Lipinski definition) is 4. The first kappa shape index (κ1) is 19.8. The molecule has 0 bridgehead atoms. The number of ether oxygens (including phenoxy) is 1. The second-order valence-corrected chi connectivity index (χ2v) is 8.85. The molecule has 2 atom stereocenters. The number of nitrogens with zero attached hydrogens (tertiary/aromatic N) is 2. The Hall–Kier alpha value is -1.47. The van der Waals surface area contributed by atoms with Crippen molar-refractivity contribution in [3.8, 4) is 5.75 Å². The summed E-state index contributed by atoms with van der Waals surface area (Å²) in [6.07, 6.45) is 3.11. The van der Waals surface area contributed by atoms with Crippen molar-refractivity contribution in [3.05, 3.63) is 23.2 Å². The predicted octanol–water partition coefficient (Wildman–Crippen LogP) is 2.76. The highest BCUT2D eigenvalue weighted by molar-refractivity contribution is 7.92. The van der Waals surface area contributed by atoms with Crippen LogP contribution in [-0.2, 0) is 14.8 Å². The third-order valence-electron chi connectivity index (χ3n) is 4.42. The Bertz CT molecular complexity index is 738. The van der Waals surface area contributed by atoms with Crippen molar-refractivity contribution in [1.82, 2.24) is 4.90 Å². The Morgan fingerprint density at radius 3 is 2.64 bits per heavy atom. The maximum absolute atomic E-state index is 12.9. The Balaban J connectivity index is 2.34. The van der Waals surface area contributed by atoms with Crippen molar-refractivity contribution in [3.63, 3.8) is 0 Å². The second kappa shape index (κ2) is 7.83. The maximum Gasteiger partial charge on any atom is 0.246 e. The number of hydrogen-bond donors (Lipinski definition) is 0. The minimum Gasteiger partial charge on any atom is -0.495 e. The molecular weight excluding hydrogens is 364 g/mol. The quantitative estimate of drug-likeness (QED) is 0.777. The number of carbonyl (C=O) groups excluding carboxylic acids is 1. The zero-order valence-electron chi connectivity index (χ0n) is 15.0. The molecule has 1 heterocycles. The number of piperidine rings is 1. The van der Waals surface area contributed by atoms with Gasteiger partial charge in [-0.15, -0.1) is 0 Å². The smallest absolute Gasteiger partial charge is 0.246 e. The largest absolute Gasteiger partial charge is 0.495 e. The minimum absolute atomic E-state index is 0.191. The van der Waals surface area contributed by atoms with Gasteiger partial charge in [-0.3, -0.25) is 9.10 Å². The molecule has 8 heteroatoms. The average molecular weight is 389 g/mol. The molecule has 0 unspecified atom stereocenters. The summed E-state index contributed by atoms with van der Waals surface area (Å²) >= 11 is 6.13. The maximum atomic E-state index is 12.9. The van der Waals surface area contributed by atoms with E-state index in [4.69, 9.17) is 16.3 Å². The lowest BCUT2D eigenvalue weighted by molar-refractivity contribution is -0.133. The highest BCUT2D eigenvalue weighted by atomic mass is 35.5. The predicted molar refractivity (Wildman–Crippen MR) is 99.8 cm³/mol. The van der Waals surface area contributed by atoms with Crippen LogP contribution in [0.5, 0.6) is 5.75 Å². The summed E-state index contributed by atoms with van der Waals surface area (Å²) in [5.41, 5.74) is 0.346. The molecule has 0 aliphatic carbocycles. The lowest BCUT2D eigenvalue weighted by Gasteiger charge is -2.36. The lowest BCUT2D eigenvalue weighted by atomic mass is 10.00. The number of rotatable bonds is 5. The number of halogens is 1. The number of amides is 1. The van der Waals surface area contributed by atoms with Gasteiger partial charge in [0.1, 0.15) is 11.8 Å². The van der Waals surface area contributed by atoms with E-state index in [9.17, 15) is 13.2 Å². The molecule has 25 heavy (non-hydrogen) atoms. The van der Waals surface area contributed by atoms with Crippen molar-refractivity contribution >= 4 is 33.2 Å². The molecule has 1 aliphatic rings. The van der Waals surface area contributed by atoms with Gasteiger partial charge >= 0.3 is 0 Å². The normalized spacial score (nSPS) is 19.4. The number of anilines is 1. The van der Waals surface area contributed by atoms with Crippen LogP contribution in [0.3, 0.4) is 0 Å². The van der Waals surface area contributed by atoms with Crippen molar-refractivity contribution in [2.45, 2.75) is 32.7 Å². The summed E-state index contributed by atoms with van der Waals surface area (Å²) in [6, 6.07) is 3.85. The molecule has 2 rings (SSSR count). The van der Waals surface area contributed by atoms with Crippen LogP contribution in [0.2, 0.25) is 5.02 Å². The van der Waals surface area contributed by atoms with E-state index >= 15 is 0 Å². The molecule has 140 valence electrons. The molecule has 0 spiro atoms. The lowest BCUT2D eigenvalue weighted by Crippen LogP contribution is -2.51. The van der Waals surface area contributed by atoms with E-state index in [0.717, 1.165) is 23.4 Å². The topological polar surface area (TPSA) is 66.9 Å². The molecule has 6 nitrogen and oxygen atoms in total. The van der Waals surface area contributed by atoms with Gasteiger partial charge in [0.15, 0.2) is 0 Å². The zero-order valence-corrected chi connectivity index (χ0v) is 16.6. The van der Waals surface area contributed by atoms with Gasteiger partial charge < -0.3 is 9.64 Å². The first-order chi connectivity index (χ1) is 11.6. The van der Waals surface area contributed by atoms with Crippen LogP contribution < -0.4 is 9.04 Å². The number of carbonyl (C=O) groups is 1. The molecule has 1 fully saturated rings. The molecule has 0 N–H and O–H groups in total. The van der Waals surface area contributed by atoms with Gasteiger partial charge in [-0.05, 0) is 43.9 Å². The molecule has 0 aromatic heterocycles. The van der Waals surface area contributed by atoms with E-state index in [0.29, 0.717) is 35.5 Å². The monoisotopic (exact) mass is 388 g/mol. The number of sulfonamides is 1. The first-order valence-electron chi connectivity index (χ1n) is 8.27. The Morgan fingerprint density at radius 2 is 2.12 bits per heavy atom. The second-order valence-electron chi connectivity index (χ2n) is 6.59. The van der Waals surface area contributed by atoms with Crippen LogP contribution in [0.4, 0.5) is 5.69 Å². The highest BCUT2D eigenvalue weighted by Crippen LogP contribution is 2.31. The Kier molecular flexibility index (Phi) is 6.21. The molecule has 1 aromatic carbocycles. The van der Waals surface area contributed by atoms with Crippen LogP contribution in [0.25, 0.3) is 0 Å². The fourth-order valence-corrected chi connectivity index (χ4v) is 4.66. The molecule has 1 saturated heterocycles. The summed E-state index contributed by atoms with van der Waals surface area (Å²) in [7, 11) is -2.18. The van der Waals surface area contributed by atoms with Gasteiger partial charge in [0.05, 0.1) is 24.1 Å². The van der Waals surface area contributed by atoms with Gasteiger partial charge in [0.25, 0.3) is 0 Å². The first-order valence-corrected chi connectivity index (χ1v) is 10.5. The zero-order chi connectivity index (χ0) is 18.8. The summed E-state index contributed by atoms with van der Waals surface area (Å²) in [5, 5.41) is 0.292. The summed E-state index contributed by atoms with van der Waals surface area (Å²) in [5.74, 6) is 0.679. The van der Waals surface area contributed by atoms with Gasteiger partial charge in [0.2, 0.25) is 15.9 Å². The van der Waals surface area contributed by atoms with Crippen LogP contribution >= 0.6 is 11.6 Å². The highest BCUT2D eigenvalue weighted by Gasteiger charge is 2.33. The van der Waals surface area contributed by atoms with Crippen molar-refractivity contribution in [2.24, 2.45) is 5.92 Å². The molecule has 0 radical (unpaired) electrons. The van der Waals surface area contributed by atoms with Gasteiger partial charge in [-0.25, -0.2) is 8.42 Å². The van der Waals surface area contributed by atoms with Gasteiger partial charge in [0, 0.05) is 13.1 Å². The third kappa shape index (κ3) is 4.58. The van der Waals surface area contributed by atoms with Gasteiger partial charge in [-0.2, -0.15) is 0 Å². The van der Waals surface area contributed by atoms with E-state index in [2.05, 4.69) is 6.92 Å². The summed E-state index contributed by atoms with van der Waals surface area (Å²) in [4.78, 5) is 14.6. The fourth-order valence-electron chi connectivity index (χ4n) is 3.25. The van der Waals surface area contributed by atoms with Crippen LogP contribution in [0.1, 0.15) is 26.7 Å². The number of methoxy groups -OCH3 is 1. The van der Waals surface area contributed by atoms with Crippen molar-refractivity contribution in [2.75, 3.05) is 30.8 Å². The van der Waals surface area contributed by atoms with Gasteiger partial charge in [-0.1, -0.05) is 18.5 Å². The molecular formula is C17H25ClN2O4S. The van der Waals surface area contributed by atoms with E-state index < -0.39 is 16.1 Å². The van der Waals surface area contributed by atoms with Crippen LogP contribution in [0, 0.1) is 5.92 Å². The molecule has 1 aliphatic heterocycles. The van der Waals surface area contributed by atoms with Crippen molar-refractivity contribution < 1.29 is 17.9 Å². The minimum atomic E-state index is -3.66. The Labute approximate surface area is 154 Å². The van der Waals surface area contributed by atoms with E-state index in [-0.39, 0.29) is 5.91 Å². The fraction of sp³-hybridized carbons (Fsp3) is 0.588. The van der Waals surface area contributed by atoms with Crippen molar-refractivity contribution in [1.29, 1.82) is 0 Å². The summed E-state index contributed by atoms with van der Waals surface area (Å²) in [6.45, 7) is 5.03. The van der Waals surface area contributed by atoms with E-state index in [1.54, 1.807) is 24.0 Å². The number of likely N-dealkylation sites (tertiary alicyclic amines) is 1. The summed E-state index contributed by atoms with van der Waals surface area (Å²) < 4.78 is 31.0. The Morgan fingerprint density at radius 1 is 1.44 bits per heavy atom. The molecule has 1 amide bonds. The molecule has 1 aromatic rings. The molecule has 0 saturated carbocycles. The number of benzene rings is 1. The average Bonchev–Trinajstić information content (AvgIpc) is 2.53. The van der Waals surface area contributed by atoms with E-state index in [1.165, 1.54) is 13.2 Å². The standard InChI is InChI=1S/C17H25ClN2O4S/c1-12-6-5-9-19(11-12)17(21)13(2)20(25(4,22)23)14-7-8-16(24-3)15(18)10-14/h7-8,10,12-13H,5-6,9,11H2,1-4H3/t12-,13+/m1/s1. The SMILES string of the molecule is COc1ccc(N([C@@H](C)C(=O)N2CCC[C@@H](C)C2)S(C)(=O)=O)cc1Cl. The van der Waals surface area contributed by atoms with E-state index in [1.807, 2.05) is 0 Å².